The van der Waals surface area contributed by atoms with Crippen LogP contribution in [0.5, 0.6) is 0 Å². The molecule has 0 saturated heterocycles. The average Bonchev–Trinajstić information content (AvgIpc) is 3.05. The van der Waals surface area contributed by atoms with Gasteiger partial charge in [-0.2, -0.15) is 10.2 Å². The van der Waals surface area contributed by atoms with E-state index in [2.05, 4.69) is 0 Å². The van der Waals surface area contributed by atoms with Crippen molar-refractivity contribution in [3.63, 3.8) is 0 Å². The van der Waals surface area contributed by atoms with Gasteiger partial charge in [-0.05, 0) is 11.1 Å². The van der Waals surface area contributed by atoms with Crippen LogP contribution in [0.1, 0.15) is 22.3 Å². The third-order valence-electron chi connectivity index (χ3n) is 6.37. The lowest BCUT2D eigenvalue weighted by atomic mass is 10.1. The van der Waals surface area contributed by atoms with Crippen LogP contribution in [-0.2, 0) is 32.2 Å². The largest absolute Gasteiger partial charge is 0.464 e. The highest BCUT2D eigenvalue weighted by atomic mass is 16.5. The Bertz CT molecular complexity index is 1360. The fourth-order valence-electron chi connectivity index (χ4n) is 4.25. The summed E-state index contributed by atoms with van der Waals surface area (Å²) in [5, 5.41) is 13.2. The van der Waals surface area contributed by atoms with E-state index in [1.165, 1.54) is 14.2 Å². The number of benzene rings is 4. The summed E-state index contributed by atoms with van der Waals surface area (Å²) in [5.74, 6) is -1.06. The van der Waals surface area contributed by atoms with E-state index in [1.54, 1.807) is 0 Å². The molecule has 42 heavy (non-hydrogen) atoms. The van der Waals surface area contributed by atoms with Crippen molar-refractivity contribution in [3.05, 3.63) is 144 Å². The molecule has 0 aliphatic heterocycles. The summed E-state index contributed by atoms with van der Waals surface area (Å²) in [5.41, 5.74) is 3.75. The van der Waals surface area contributed by atoms with Crippen molar-refractivity contribution >= 4 is 23.4 Å². The molecule has 0 bridgehead atoms. The van der Waals surface area contributed by atoms with E-state index >= 15 is 0 Å². The first kappa shape index (κ1) is 29.7. The summed E-state index contributed by atoms with van der Waals surface area (Å²) in [6.45, 7) is 1.67. The Hall–Kier alpha value is -5.24. The summed E-state index contributed by atoms with van der Waals surface area (Å²) in [6, 6.07) is 38.2. The zero-order valence-electron chi connectivity index (χ0n) is 23.8. The van der Waals surface area contributed by atoms with Crippen molar-refractivity contribution in [1.29, 1.82) is 0 Å². The summed E-state index contributed by atoms with van der Waals surface area (Å²) in [6.07, 6.45) is 0. The fourth-order valence-corrected chi connectivity index (χ4v) is 4.25. The molecular formula is C34H34N4O4. The Kier molecular flexibility index (Phi) is 11.0. The van der Waals surface area contributed by atoms with Gasteiger partial charge >= 0.3 is 11.9 Å². The van der Waals surface area contributed by atoms with Crippen molar-refractivity contribution in [2.24, 2.45) is 10.2 Å². The van der Waals surface area contributed by atoms with Crippen molar-refractivity contribution in [2.45, 2.75) is 13.1 Å². The van der Waals surface area contributed by atoms with Gasteiger partial charge in [0.05, 0.1) is 40.4 Å². The molecule has 0 aromatic heterocycles. The lowest BCUT2D eigenvalue weighted by Gasteiger charge is -2.26. The van der Waals surface area contributed by atoms with Crippen LogP contribution in [0, 0.1) is 0 Å². The van der Waals surface area contributed by atoms with Crippen LogP contribution in [0.25, 0.3) is 0 Å². The number of carbonyl (C=O) groups is 2. The zero-order chi connectivity index (χ0) is 29.6. The third-order valence-corrected chi connectivity index (χ3v) is 6.37. The smallest absolute Gasteiger partial charge is 0.359 e. The van der Waals surface area contributed by atoms with E-state index in [9.17, 15) is 9.59 Å². The first-order valence-electron chi connectivity index (χ1n) is 13.6. The van der Waals surface area contributed by atoms with Crippen LogP contribution >= 0.6 is 0 Å². The molecule has 4 aromatic rings. The van der Waals surface area contributed by atoms with Gasteiger partial charge in [-0.3, -0.25) is 10.0 Å². The molecule has 0 N–H and O–H groups in total. The molecule has 0 atom stereocenters. The van der Waals surface area contributed by atoms with Crippen molar-refractivity contribution in [3.8, 4) is 0 Å². The highest BCUT2D eigenvalue weighted by Crippen LogP contribution is 2.13. The quantitative estimate of drug-likeness (QED) is 0.127. The Balaban J connectivity index is 1.70. The van der Waals surface area contributed by atoms with Gasteiger partial charge in [0.2, 0.25) is 0 Å². The van der Waals surface area contributed by atoms with Crippen LogP contribution < -0.4 is 0 Å². The molecule has 4 rings (SSSR count). The molecule has 0 aliphatic carbocycles. The third kappa shape index (κ3) is 8.63. The molecule has 0 saturated carbocycles. The minimum Gasteiger partial charge on any atom is -0.464 e. The van der Waals surface area contributed by atoms with E-state index in [-0.39, 0.29) is 11.4 Å². The van der Waals surface area contributed by atoms with Crippen molar-refractivity contribution < 1.29 is 19.1 Å². The van der Waals surface area contributed by atoms with Crippen LogP contribution in [0.3, 0.4) is 0 Å². The molecular weight excluding hydrogens is 528 g/mol. The summed E-state index contributed by atoms with van der Waals surface area (Å²) < 4.78 is 10.2. The van der Waals surface area contributed by atoms with Crippen LogP contribution in [0.15, 0.2) is 132 Å². The van der Waals surface area contributed by atoms with Gasteiger partial charge in [0.25, 0.3) is 0 Å². The fraction of sp³-hybridized carbons (Fsp3) is 0.176. The molecule has 8 nitrogen and oxygen atoms in total. The monoisotopic (exact) mass is 562 g/mol. The second-order valence-corrected chi connectivity index (χ2v) is 9.36. The van der Waals surface area contributed by atoms with E-state index in [0.29, 0.717) is 37.3 Å². The highest BCUT2D eigenvalue weighted by Gasteiger charge is 2.20. The highest BCUT2D eigenvalue weighted by molar-refractivity contribution is 6.43. The molecule has 0 unspecified atom stereocenters. The molecule has 0 heterocycles. The molecule has 0 amide bonds. The normalized spacial score (nSPS) is 11.5. The van der Waals surface area contributed by atoms with Gasteiger partial charge in [0.15, 0.2) is 11.4 Å². The molecule has 0 spiro atoms. The number of hydrogen-bond donors (Lipinski definition) is 0. The number of esters is 2. The van der Waals surface area contributed by atoms with Gasteiger partial charge in [-0.15, -0.1) is 0 Å². The summed E-state index contributed by atoms with van der Waals surface area (Å²) in [7, 11) is 2.69. The predicted octanol–water partition coefficient (Wildman–Crippen LogP) is 5.15. The van der Waals surface area contributed by atoms with Gasteiger partial charge in [0.1, 0.15) is 0 Å². The summed E-state index contributed by atoms with van der Waals surface area (Å²) in [4.78, 5) is 25.7. The van der Waals surface area contributed by atoms with Gasteiger partial charge in [0, 0.05) is 11.1 Å². The molecule has 0 radical (unpaired) electrons. The standard InChI is InChI=1S/C34H34N4O4/c1-41-33(39)31(29-19-11-5-12-20-29)35-37(25-27-15-7-3-8-16-27)23-24-38(26-28-17-9-4-10-18-28)36-32(34(40)42-2)30-21-13-6-14-22-30/h3-22H,23-26H2,1-2H3/b35-31-,36-32-. The predicted molar refractivity (Wildman–Crippen MR) is 164 cm³/mol. The summed E-state index contributed by atoms with van der Waals surface area (Å²) >= 11 is 0. The Labute approximate surface area is 246 Å². The second-order valence-electron chi connectivity index (χ2n) is 9.36. The first-order chi connectivity index (χ1) is 20.6. The van der Waals surface area contributed by atoms with Crippen LogP contribution in [-0.4, -0.2) is 60.7 Å². The van der Waals surface area contributed by atoms with E-state index in [0.717, 1.165) is 11.1 Å². The Morgan fingerprint density at radius 3 is 1.14 bits per heavy atom. The number of hydrogen-bond acceptors (Lipinski definition) is 8. The van der Waals surface area contributed by atoms with Crippen molar-refractivity contribution in [2.75, 3.05) is 27.3 Å². The van der Waals surface area contributed by atoms with Gasteiger partial charge in [-0.25, -0.2) is 9.59 Å². The average molecular weight is 563 g/mol. The lowest BCUT2D eigenvalue weighted by molar-refractivity contribution is -0.133. The van der Waals surface area contributed by atoms with E-state index < -0.39 is 11.9 Å². The molecule has 8 heteroatoms. The molecule has 4 aromatic carbocycles. The molecule has 0 fully saturated rings. The maximum absolute atomic E-state index is 12.8. The Morgan fingerprint density at radius 2 is 0.833 bits per heavy atom. The minimum absolute atomic E-state index is 0.201. The van der Waals surface area contributed by atoms with E-state index in [1.807, 2.05) is 131 Å². The number of ether oxygens (including phenoxy) is 2. The topological polar surface area (TPSA) is 83.8 Å². The number of methoxy groups -OCH3 is 2. The van der Waals surface area contributed by atoms with Crippen LogP contribution in [0.4, 0.5) is 0 Å². The van der Waals surface area contributed by atoms with Gasteiger partial charge < -0.3 is 9.47 Å². The van der Waals surface area contributed by atoms with Gasteiger partial charge in [-0.1, -0.05) is 121 Å². The SMILES string of the molecule is COC(=O)/C(=N\N(CCN(Cc1ccccc1)/N=C(\C(=O)OC)c1ccccc1)Cc1ccccc1)c1ccccc1. The van der Waals surface area contributed by atoms with Crippen LogP contribution in [0.2, 0.25) is 0 Å². The molecule has 214 valence electrons. The minimum atomic E-state index is -0.532. The van der Waals surface area contributed by atoms with Crippen molar-refractivity contribution in [1.82, 2.24) is 10.0 Å². The zero-order valence-corrected chi connectivity index (χ0v) is 23.8. The number of carbonyl (C=O) groups excluding carboxylic acids is 2. The second kappa shape index (κ2) is 15.5. The maximum Gasteiger partial charge on any atom is 0.359 e. The first-order valence-corrected chi connectivity index (χ1v) is 13.6. The number of hydrazone groups is 2. The molecule has 0 aliphatic rings. The Morgan fingerprint density at radius 1 is 0.524 bits per heavy atom. The lowest BCUT2D eigenvalue weighted by Crippen LogP contribution is -2.33. The van der Waals surface area contributed by atoms with E-state index in [4.69, 9.17) is 19.7 Å². The maximum atomic E-state index is 12.8. The number of rotatable bonds is 13. The number of nitrogens with zero attached hydrogens (tertiary/aromatic N) is 4.